The van der Waals surface area contributed by atoms with E-state index in [1.807, 2.05) is 54.6 Å². The molecule has 3 atom stereocenters. The average molecular weight is 305 g/mol. The number of benzene rings is 1. The van der Waals surface area contributed by atoms with Crippen LogP contribution in [0, 0.1) is 5.92 Å². The number of fused-ring (bicyclic) bond motifs is 1. The summed E-state index contributed by atoms with van der Waals surface area (Å²) in [6.45, 7) is 0. The first-order chi connectivity index (χ1) is 8.69. The van der Waals surface area contributed by atoms with Crippen LogP contribution in [-0.2, 0) is 14.0 Å². The van der Waals surface area contributed by atoms with E-state index < -0.39 is 4.51 Å². The lowest BCUT2D eigenvalue weighted by Gasteiger charge is -2.39. The number of allylic oxidation sites excluding steroid dienone is 2. The second-order valence-electron chi connectivity index (χ2n) is 4.62. The fourth-order valence-electron chi connectivity index (χ4n) is 2.45. The summed E-state index contributed by atoms with van der Waals surface area (Å²) in [7, 11) is 0. The molecule has 3 unspecified atom stereocenters. The van der Waals surface area contributed by atoms with Crippen LogP contribution in [-0.4, -0.2) is 11.9 Å². The number of hydrogen-bond acceptors (Lipinski definition) is 2. The quantitative estimate of drug-likeness (QED) is 0.744. The molecule has 3 heteroatoms. The molecule has 1 aliphatic heterocycles. The molecule has 1 aliphatic carbocycles. The molecule has 0 saturated carbocycles. The molecule has 0 radical (unpaired) electrons. The zero-order valence-electron chi connectivity index (χ0n) is 9.75. The molecule has 1 saturated heterocycles. The van der Waals surface area contributed by atoms with E-state index in [9.17, 15) is 4.79 Å². The van der Waals surface area contributed by atoms with E-state index in [0.29, 0.717) is 6.42 Å². The molecule has 0 N–H and O–H groups in total. The van der Waals surface area contributed by atoms with Crippen molar-refractivity contribution in [3.8, 4) is 0 Å². The Morgan fingerprint density at radius 1 is 1.17 bits per heavy atom. The van der Waals surface area contributed by atoms with Gasteiger partial charge in [0.2, 0.25) is 0 Å². The highest BCUT2D eigenvalue weighted by Crippen LogP contribution is 2.44. The minimum atomic E-state index is -0.692. The van der Waals surface area contributed by atoms with Crippen LogP contribution >= 0.6 is 15.9 Å². The van der Waals surface area contributed by atoms with E-state index in [2.05, 4.69) is 15.9 Å². The van der Waals surface area contributed by atoms with Gasteiger partial charge >= 0.3 is 0 Å². The maximum absolute atomic E-state index is 12.2. The lowest BCUT2D eigenvalue weighted by Crippen LogP contribution is -2.44. The van der Waals surface area contributed by atoms with Gasteiger partial charge in [0.25, 0.3) is 0 Å². The zero-order chi connectivity index (χ0) is 12.6. The average Bonchev–Trinajstić information content (AvgIpc) is 2.40. The van der Waals surface area contributed by atoms with Crippen molar-refractivity contribution in [2.45, 2.75) is 17.0 Å². The first kappa shape index (κ1) is 11.9. The third-order valence-corrected chi connectivity index (χ3v) is 4.31. The van der Waals surface area contributed by atoms with Crippen molar-refractivity contribution in [1.29, 1.82) is 0 Å². The highest BCUT2D eigenvalue weighted by Gasteiger charge is 2.44. The number of Topliss-reactive ketones (excluding diaryl/α,β-unsaturated/α-hetero) is 1. The van der Waals surface area contributed by atoms with Gasteiger partial charge in [0.15, 0.2) is 4.51 Å². The van der Waals surface area contributed by atoms with Crippen molar-refractivity contribution in [2.24, 2.45) is 5.92 Å². The van der Waals surface area contributed by atoms with Crippen LogP contribution in [0.15, 0.2) is 54.6 Å². The van der Waals surface area contributed by atoms with Gasteiger partial charge in [0, 0.05) is 0 Å². The lowest BCUT2D eigenvalue weighted by molar-refractivity contribution is -0.142. The topological polar surface area (TPSA) is 26.3 Å². The first-order valence-corrected chi connectivity index (χ1v) is 6.78. The van der Waals surface area contributed by atoms with Gasteiger partial charge in [0.1, 0.15) is 5.78 Å². The number of ketones is 1. The predicted molar refractivity (Wildman–Crippen MR) is 73.3 cm³/mol. The van der Waals surface area contributed by atoms with Crippen LogP contribution in [0.1, 0.15) is 12.0 Å². The second-order valence-corrected chi connectivity index (χ2v) is 5.90. The van der Waals surface area contributed by atoms with E-state index in [0.717, 1.165) is 5.56 Å². The third-order valence-electron chi connectivity index (χ3n) is 3.39. The maximum Gasteiger partial charge on any atom is 0.155 e. The van der Waals surface area contributed by atoms with Crippen LogP contribution in [0.2, 0.25) is 0 Å². The molecule has 92 valence electrons. The molecule has 0 amide bonds. The standard InChI is InChI=1S/C15H13BrO2/c16-15(11-6-2-1-3-7-11)10-13(17)12-8-4-5-9-14(12)18-15/h1-9,12,14H,10H2. The maximum atomic E-state index is 12.2. The highest BCUT2D eigenvalue weighted by molar-refractivity contribution is 9.09. The summed E-state index contributed by atoms with van der Waals surface area (Å²) >= 11 is 3.61. The van der Waals surface area contributed by atoms with Gasteiger partial charge in [-0.2, -0.15) is 0 Å². The Bertz CT molecular complexity index is 521. The molecule has 2 nitrogen and oxygen atoms in total. The number of rotatable bonds is 1. The van der Waals surface area contributed by atoms with Gasteiger partial charge < -0.3 is 4.74 Å². The normalized spacial score (nSPS) is 34.4. The molecule has 0 spiro atoms. The summed E-state index contributed by atoms with van der Waals surface area (Å²) in [6.07, 6.45) is 7.89. The van der Waals surface area contributed by atoms with Crippen LogP contribution in [0.4, 0.5) is 0 Å². The first-order valence-electron chi connectivity index (χ1n) is 5.99. The van der Waals surface area contributed by atoms with Gasteiger partial charge in [-0.25, -0.2) is 0 Å². The predicted octanol–water partition coefficient (Wildman–Crippen LogP) is 3.33. The minimum Gasteiger partial charge on any atom is -0.351 e. The third kappa shape index (κ3) is 1.98. The van der Waals surface area contributed by atoms with Crippen molar-refractivity contribution < 1.29 is 9.53 Å². The van der Waals surface area contributed by atoms with Gasteiger partial charge in [-0.1, -0.05) is 54.6 Å². The Kier molecular flexibility index (Phi) is 2.96. The second kappa shape index (κ2) is 4.48. The Morgan fingerprint density at radius 2 is 1.89 bits per heavy atom. The smallest absolute Gasteiger partial charge is 0.155 e. The molecule has 2 aliphatic rings. The SMILES string of the molecule is O=C1CC(Br)(c2ccccc2)OC2C=CC=CC12. The summed E-state index contributed by atoms with van der Waals surface area (Å²) in [5.74, 6) is 0.0805. The molecule has 0 bridgehead atoms. The van der Waals surface area contributed by atoms with Crippen LogP contribution in [0.25, 0.3) is 0 Å². The summed E-state index contributed by atoms with van der Waals surface area (Å²) in [5, 5.41) is 0. The van der Waals surface area contributed by atoms with Crippen molar-refractivity contribution in [2.75, 3.05) is 0 Å². The van der Waals surface area contributed by atoms with Crippen molar-refractivity contribution in [3.05, 3.63) is 60.2 Å². The molecule has 18 heavy (non-hydrogen) atoms. The highest BCUT2D eigenvalue weighted by atomic mass is 79.9. The number of carbonyl (C=O) groups is 1. The summed E-state index contributed by atoms with van der Waals surface area (Å²) in [6, 6.07) is 9.82. The summed E-state index contributed by atoms with van der Waals surface area (Å²) in [5.41, 5.74) is 0.986. The Balaban J connectivity index is 1.94. The molecule has 1 fully saturated rings. The zero-order valence-corrected chi connectivity index (χ0v) is 11.3. The number of hydrogen-bond donors (Lipinski definition) is 0. The Morgan fingerprint density at radius 3 is 2.67 bits per heavy atom. The van der Waals surface area contributed by atoms with Gasteiger partial charge in [-0.05, 0) is 21.5 Å². The van der Waals surface area contributed by atoms with E-state index in [1.54, 1.807) is 0 Å². The van der Waals surface area contributed by atoms with E-state index in [4.69, 9.17) is 4.74 Å². The summed E-state index contributed by atoms with van der Waals surface area (Å²) < 4.78 is 5.40. The number of alkyl halides is 1. The molecular formula is C15H13BrO2. The van der Waals surface area contributed by atoms with Crippen molar-refractivity contribution in [1.82, 2.24) is 0 Å². The van der Waals surface area contributed by atoms with Gasteiger partial charge in [0.05, 0.1) is 18.4 Å². The van der Waals surface area contributed by atoms with Gasteiger partial charge in [-0.15, -0.1) is 0 Å². The molecule has 0 aromatic heterocycles. The summed E-state index contributed by atoms with van der Waals surface area (Å²) in [4.78, 5) is 12.2. The molecule has 1 aromatic carbocycles. The van der Waals surface area contributed by atoms with Crippen LogP contribution < -0.4 is 0 Å². The van der Waals surface area contributed by atoms with E-state index in [1.165, 1.54) is 0 Å². The minimum absolute atomic E-state index is 0.135. The lowest BCUT2D eigenvalue weighted by atomic mass is 9.86. The number of carbonyl (C=O) groups excluding carboxylic acids is 1. The largest absolute Gasteiger partial charge is 0.351 e. The number of halogens is 1. The number of ether oxygens (including phenoxy) is 1. The monoisotopic (exact) mass is 304 g/mol. The van der Waals surface area contributed by atoms with Crippen molar-refractivity contribution >= 4 is 21.7 Å². The molecule has 1 aromatic rings. The van der Waals surface area contributed by atoms with Gasteiger partial charge in [-0.3, -0.25) is 4.79 Å². The fraction of sp³-hybridized carbons (Fsp3) is 0.267. The molecule has 1 heterocycles. The fourth-order valence-corrected chi connectivity index (χ4v) is 3.20. The Hall–Kier alpha value is -1.19. The Labute approximate surface area is 114 Å². The van der Waals surface area contributed by atoms with E-state index >= 15 is 0 Å². The molecule has 3 rings (SSSR count). The molecular weight excluding hydrogens is 292 g/mol. The van der Waals surface area contributed by atoms with Crippen LogP contribution in [0.5, 0.6) is 0 Å². The van der Waals surface area contributed by atoms with Crippen molar-refractivity contribution in [3.63, 3.8) is 0 Å². The van der Waals surface area contributed by atoms with E-state index in [-0.39, 0.29) is 17.8 Å². The van der Waals surface area contributed by atoms with Crippen LogP contribution in [0.3, 0.4) is 0 Å².